The van der Waals surface area contributed by atoms with Gasteiger partial charge < -0.3 is 5.11 Å². The number of hydrogen-bond donors (Lipinski definition) is 1. The fourth-order valence-electron chi connectivity index (χ4n) is 2.82. The van der Waals surface area contributed by atoms with Gasteiger partial charge in [0.05, 0.1) is 5.60 Å². The van der Waals surface area contributed by atoms with Crippen molar-refractivity contribution in [2.24, 2.45) is 11.8 Å². The second-order valence-corrected chi connectivity index (χ2v) is 5.58. The van der Waals surface area contributed by atoms with Gasteiger partial charge in [-0.3, -0.25) is 0 Å². The summed E-state index contributed by atoms with van der Waals surface area (Å²) >= 11 is 0. The third-order valence-corrected chi connectivity index (χ3v) is 4.11. The average Bonchev–Trinajstić information content (AvgIpc) is 2.25. The van der Waals surface area contributed by atoms with E-state index in [-0.39, 0.29) is 0 Å². The molecule has 2 rings (SSSR count). The summed E-state index contributed by atoms with van der Waals surface area (Å²) in [4.78, 5) is 0. The Bertz CT molecular complexity index is 333. The van der Waals surface area contributed by atoms with Crippen molar-refractivity contribution < 1.29 is 5.11 Å². The minimum atomic E-state index is -0.465. The van der Waals surface area contributed by atoms with Crippen molar-refractivity contribution in [2.45, 2.75) is 45.1 Å². The number of aliphatic hydroxyl groups is 1. The Hall–Kier alpha value is -0.820. The van der Waals surface area contributed by atoms with Crippen LogP contribution in [0.1, 0.15) is 38.7 Å². The van der Waals surface area contributed by atoms with Crippen LogP contribution in [0.3, 0.4) is 0 Å². The molecule has 0 aliphatic heterocycles. The average molecular weight is 218 g/mol. The molecule has 1 aromatic rings. The number of benzene rings is 1. The molecule has 0 saturated heterocycles. The molecule has 1 aliphatic rings. The van der Waals surface area contributed by atoms with E-state index in [9.17, 15) is 5.11 Å². The molecule has 0 aromatic heterocycles. The Balaban J connectivity index is 2.04. The lowest BCUT2D eigenvalue weighted by atomic mass is 9.71. The highest BCUT2D eigenvalue weighted by atomic mass is 16.3. The van der Waals surface area contributed by atoms with Gasteiger partial charge in [0.15, 0.2) is 0 Å². The van der Waals surface area contributed by atoms with E-state index in [0.717, 1.165) is 31.6 Å². The molecule has 0 radical (unpaired) electrons. The van der Waals surface area contributed by atoms with Crippen molar-refractivity contribution in [3.63, 3.8) is 0 Å². The van der Waals surface area contributed by atoms with Gasteiger partial charge in [-0.25, -0.2) is 0 Å². The van der Waals surface area contributed by atoms with Crippen LogP contribution in [0.15, 0.2) is 30.3 Å². The lowest BCUT2D eigenvalue weighted by Crippen LogP contribution is -2.39. The SMILES string of the molecule is CC1CCC(O)(Cc2ccccc2)CC1C. The summed E-state index contributed by atoms with van der Waals surface area (Å²) in [5.41, 5.74) is 0.791. The second kappa shape index (κ2) is 4.58. The topological polar surface area (TPSA) is 20.2 Å². The molecule has 1 heteroatoms. The van der Waals surface area contributed by atoms with Crippen LogP contribution < -0.4 is 0 Å². The zero-order valence-corrected chi connectivity index (χ0v) is 10.3. The van der Waals surface area contributed by atoms with Gasteiger partial charge in [0.2, 0.25) is 0 Å². The first-order chi connectivity index (χ1) is 7.59. The summed E-state index contributed by atoms with van der Waals surface area (Å²) in [5.74, 6) is 1.40. The Morgan fingerprint density at radius 3 is 2.50 bits per heavy atom. The first-order valence-electron chi connectivity index (χ1n) is 6.35. The molecule has 1 fully saturated rings. The van der Waals surface area contributed by atoms with Gasteiger partial charge >= 0.3 is 0 Å². The van der Waals surface area contributed by atoms with Gasteiger partial charge in [-0.1, -0.05) is 44.2 Å². The normalized spacial score (nSPS) is 34.9. The largest absolute Gasteiger partial charge is 0.390 e. The zero-order valence-electron chi connectivity index (χ0n) is 10.3. The molecule has 1 N–H and O–H groups in total. The Kier molecular flexibility index (Phi) is 3.34. The van der Waals surface area contributed by atoms with E-state index in [1.807, 2.05) is 18.2 Å². The Morgan fingerprint density at radius 2 is 1.88 bits per heavy atom. The van der Waals surface area contributed by atoms with Crippen LogP contribution in [0.2, 0.25) is 0 Å². The van der Waals surface area contributed by atoms with E-state index in [0.29, 0.717) is 5.92 Å². The number of hydrogen-bond acceptors (Lipinski definition) is 1. The molecule has 1 saturated carbocycles. The molecule has 0 bridgehead atoms. The number of rotatable bonds is 2. The summed E-state index contributed by atoms with van der Waals surface area (Å²) in [6.45, 7) is 4.56. The molecule has 3 unspecified atom stereocenters. The van der Waals surface area contributed by atoms with Gasteiger partial charge in [0.1, 0.15) is 0 Å². The second-order valence-electron chi connectivity index (χ2n) is 5.58. The summed E-state index contributed by atoms with van der Waals surface area (Å²) in [7, 11) is 0. The summed E-state index contributed by atoms with van der Waals surface area (Å²) in [6.07, 6.45) is 3.87. The molecule has 0 amide bonds. The van der Waals surface area contributed by atoms with Crippen LogP contribution in [0.5, 0.6) is 0 Å². The summed E-state index contributed by atoms with van der Waals surface area (Å²) < 4.78 is 0. The first-order valence-corrected chi connectivity index (χ1v) is 6.35. The predicted molar refractivity (Wildman–Crippen MR) is 67.3 cm³/mol. The van der Waals surface area contributed by atoms with Gasteiger partial charge in [-0.2, -0.15) is 0 Å². The Labute approximate surface area is 98.5 Å². The maximum Gasteiger partial charge on any atom is 0.0690 e. The highest BCUT2D eigenvalue weighted by molar-refractivity contribution is 5.17. The molecule has 1 aromatic carbocycles. The van der Waals surface area contributed by atoms with E-state index >= 15 is 0 Å². The predicted octanol–water partition coefficient (Wildman–Crippen LogP) is 3.42. The quantitative estimate of drug-likeness (QED) is 0.806. The molecule has 3 atom stereocenters. The minimum absolute atomic E-state index is 0.465. The molecule has 0 heterocycles. The monoisotopic (exact) mass is 218 g/mol. The molecule has 1 aliphatic carbocycles. The highest BCUT2D eigenvalue weighted by Crippen LogP contribution is 2.37. The van der Waals surface area contributed by atoms with Crippen LogP contribution >= 0.6 is 0 Å². The van der Waals surface area contributed by atoms with Gasteiger partial charge in [0.25, 0.3) is 0 Å². The molecular formula is C15H22O. The molecular weight excluding hydrogens is 196 g/mol. The fourth-order valence-corrected chi connectivity index (χ4v) is 2.82. The van der Waals surface area contributed by atoms with Crippen molar-refractivity contribution in [1.29, 1.82) is 0 Å². The summed E-state index contributed by atoms with van der Waals surface area (Å²) in [6, 6.07) is 10.3. The van der Waals surface area contributed by atoms with E-state index < -0.39 is 5.60 Å². The van der Waals surface area contributed by atoms with Crippen LogP contribution in [-0.4, -0.2) is 10.7 Å². The van der Waals surface area contributed by atoms with Crippen LogP contribution in [0, 0.1) is 11.8 Å². The van der Waals surface area contributed by atoms with Crippen molar-refractivity contribution in [3.05, 3.63) is 35.9 Å². The van der Waals surface area contributed by atoms with Crippen molar-refractivity contribution >= 4 is 0 Å². The van der Waals surface area contributed by atoms with Crippen LogP contribution in [0.25, 0.3) is 0 Å². The van der Waals surface area contributed by atoms with Gasteiger partial charge in [-0.15, -0.1) is 0 Å². The minimum Gasteiger partial charge on any atom is -0.390 e. The van der Waals surface area contributed by atoms with Gasteiger partial charge in [-0.05, 0) is 36.7 Å². The fraction of sp³-hybridized carbons (Fsp3) is 0.600. The lowest BCUT2D eigenvalue weighted by molar-refractivity contribution is -0.0279. The maximum absolute atomic E-state index is 10.6. The van der Waals surface area contributed by atoms with Gasteiger partial charge in [0, 0.05) is 6.42 Å². The lowest BCUT2D eigenvalue weighted by Gasteiger charge is -2.39. The Morgan fingerprint density at radius 1 is 1.19 bits per heavy atom. The molecule has 0 spiro atoms. The standard InChI is InChI=1S/C15H22O/c1-12-8-9-15(16,10-13(12)2)11-14-6-4-3-5-7-14/h3-7,12-13,16H,8-11H2,1-2H3. The smallest absolute Gasteiger partial charge is 0.0690 e. The zero-order chi connectivity index (χ0) is 11.6. The van der Waals surface area contributed by atoms with Crippen LogP contribution in [-0.2, 0) is 6.42 Å². The van der Waals surface area contributed by atoms with Crippen molar-refractivity contribution in [3.8, 4) is 0 Å². The molecule has 1 nitrogen and oxygen atoms in total. The maximum atomic E-state index is 10.6. The van der Waals surface area contributed by atoms with E-state index in [1.165, 1.54) is 5.56 Å². The highest BCUT2D eigenvalue weighted by Gasteiger charge is 2.35. The summed E-state index contributed by atoms with van der Waals surface area (Å²) in [5, 5.41) is 10.6. The van der Waals surface area contributed by atoms with Crippen molar-refractivity contribution in [2.75, 3.05) is 0 Å². The van der Waals surface area contributed by atoms with E-state index in [4.69, 9.17) is 0 Å². The third kappa shape index (κ3) is 2.65. The first kappa shape index (κ1) is 11.7. The molecule has 88 valence electrons. The third-order valence-electron chi connectivity index (χ3n) is 4.11. The van der Waals surface area contributed by atoms with Crippen LogP contribution in [0.4, 0.5) is 0 Å². The van der Waals surface area contributed by atoms with Crippen molar-refractivity contribution in [1.82, 2.24) is 0 Å². The van der Waals surface area contributed by atoms with E-state index in [2.05, 4.69) is 26.0 Å². The molecule has 16 heavy (non-hydrogen) atoms. The van der Waals surface area contributed by atoms with E-state index in [1.54, 1.807) is 0 Å².